The lowest BCUT2D eigenvalue weighted by molar-refractivity contribution is -0.123. The van der Waals surface area contributed by atoms with E-state index in [4.69, 9.17) is 5.11 Å². The van der Waals surface area contributed by atoms with Gasteiger partial charge in [-0.25, -0.2) is 0 Å². The molecule has 0 aromatic heterocycles. The van der Waals surface area contributed by atoms with Crippen molar-refractivity contribution in [2.75, 3.05) is 13.2 Å². The maximum Gasteiger partial charge on any atom is 0.220 e. The highest BCUT2D eigenvalue weighted by atomic mass is 16.3. The number of hydrogen-bond donors (Lipinski definition) is 4. The first kappa shape index (κ1) is 56.1. The van der Waals surface area contributed by atoms with Crippen molar-refractivity contribution < 1.29 is 20.1 Å². The molecule has 0 radical (unpaired) electrons. The minimum atomic E-state index is -0.837. The molecule has 2 unspecified atom stereocenters. The van der Waals surface area contributed by atoms with Crippen molar-refractivity contribution in [3.8, 4) is 0 Å². The number of allylic oxidation sites excluding steroid dienone is 1. The van der Waals surface area contributed by atoms with Gasteiger partial charge in [-0.2, -0.15) is 0 Å². The van der Waals surface area contributed by atoms with E-state index in [1.807, 2.05) is 6.08 Å². The second-order valence-electron chi connectivity index (χ2n) is 18.0. The van der Waals surface area contributed by atoms with Crippen LogP contribution < -0.4 is 5.32 Å². The summed E-state index contributed by atoms with van der Waals surface area (Å²) in [6.45, 7) is 2.39. The molecular formula is C52H103NO4. The zero-order valence-electron chi connectivity index (χ0n) is 38.6. The van der Waals surface area contributed by atoms with Gasteiger partial charge < -0.3 is 20.6 Å². The number of aliphatic hydroxyl groups is 3. The van der Waals surface area contributed by atoms with Crippen LogP contribution in [0.5, 0.6) is 0 Å². The summed E-state index contributed by atoms with van der Waals surface area (Å²) in [7, 11) is 0. The Hall–Kier alpha value is -0.910. The minimum Gasteiger partial charge on any atom is -0.396 e. The van der Waals surface area contributed by atoms with Crippen LogP contribution in [0.25, 0.3) is 0 Å². The summed E-state index contributed by atoms with van der Waals surface area (Å²) >= 11 is 0. The Morgan fingerprint density at radius 3 is 1.00 bits per heavy atom. The molecule has 0 aromatic rings. The number of unbranched alkanes of at least 4 members (excludes halogenated alkanes) is 41. The molecule has 5 heteroatoms. The second-order valence-corrected chi connectivity index (χ2v) is 18.0. The lowest BCUT2D eigenvalue weighted by atomic mass is 10.0. The van der Waals surface area contributed by atoms with E-state index >= 15 is 0 Å². The predicted molar refractivity (Wildman–Crippen MR) is 250 cm³/mol. The van der Waals surface area contributed by atoms with E-state index in [1.165, 1.54) is 244 Å². The van der Waals surface area contributed by atoms with Gasteiger partial charge in [0.25, 0.3) is 0 Å². The molecule has 0 fully saturated rings. The van der Waals surface area contributed by atoms with E-state index in [9.17, 15) is 15.0 Å². The topological polar surface area (TPSA) is 89.8 Å². The summed E-state index contributed by atoms with van der Waals surface area (Å²) in [5.41, 5.74) is 0. The SMILES string of the molecule is CCCCCCCCCCCCCCC=CC(O)C(CO)NC(=O)CCCCCCCCCCCCCCCCCCCCCCCCCCCCCCCCO. The molecule has 0 bridgehead atoms. The first-order valence-electron chi connectivity index (χ1n) is 26.0. The van der Waals surface area contributed by atoms with Crippen LogP contribution >= 0.6 is 0 Å². The van der Waals surface area contributed by atoms with Crippen molar-refractivity contribution in [1.82, 2.24) is 5.32 Å². The highest BCUT2D eigenvalue weighted by Crippen LogP contribution is 2.17. The maximum absolute atomic E-state index is 12.4. The summed E-state index contributed by atoms with van der Waals surface area (Å²) in [6.07, 6.45) is 60.8. The van der Waals surface area contributed by atoms with E-state index in [-0.39, 0.29) is 12.5 Å². The van der Waals surface area contributed by atoms with Crippen LogP contribution in [0.2, 0.25) is 0 Å². The molecule has 0 saturated heterocycles. The molecule has 0 heterocycles. The molecule has 0 rings (SSSR count). The Morgan fingerprint density at radius 1 is 0.421 bits per heavy atom. The first-order valence-corrected chi connectivity index (χ1v) is 26.0. The van der Waals surface area contributed by atoms with Crippen LogP contribution in [0.3, 0.4) is 0 Å². The van der Waals surface area contributed by atoms with Crippen LogP contribution in [-0.4, -0.2) is 46.6 Å². The predicted octanol–water partition coefficient (Wildman–Crippen LogP) is 15.6. The van der Waals surface area contributed by atoms with Crippen molar-refractivity contribution in [2.24, 2.45) is 0 Å². The van der Waals surface area contributed by atoms with Gasteiger partial charge in [-0.15, -0.1) is 0 Å². The fraction of sp³-hybridized carbons (Fsp3) is 0.942. The minimum absolute atomic E-state index is 0.0610. The van der Waals surface area contributed by atoms with E-state index in [0.717, 1.165) is 32.1 Å². The molecule has 0 aliphatic rings. The van der Waals surface area contributed by atoms with Gasteiger partial charge in [-0.1, -0.05) is 269 Å². The number of carbonyl (C=O) groups excluding carboxylic acids is 1. The highest BCUT2D eigenvalue weighted by Gasteiger charge is 2.18. The van der Waals surface area contributed by atoms with E-state index < -0.39 is 12.1 Å². The van der Waals surface area contributed by atoms with Gasteiger partial charge in [0, 0.05) is 13.0 Å². The zero-order valence-corrected chi connectivity index (χ0v) is 38.6. The molecule has 2 atom stereocenters. The summed E-state index contributed by atoms with van der Waals surface area (Å²) < 4.78 is 0. The number of carbonyl (C=O) groups is 1. The third kappa shape index (κ3) is 46.0. The van der Waals surface area contributed by atoms with E-state index in [2.05, 4.69) is 12.2 Å². The largest absolute Gasteiger partial charge is 0.396 e. The molecule has 0 aliphatic carbocycles. The molecule has 340 valence electrons. The Bertz CT molecular complexity index is 788. The standard InChI is InChI=1S/C52H103NO4/c1-2-3-4-5-6-7-8-9-28-31-34-37-40-43-46-51(56)50(49-55)53-52(57)47-44-41-38-35-32-29-26-24-22-20-18-16-14-12-10-11-13-15-17-19-21-23-25-27-30-33-36-39-42-45-48-54/h43,46,50-51,54-56H,2-42,44-45,47-49H2,1H3,(H,53,57). The Kier molecular flexibility index (Phi) is 48.7. The van der Waals surface area contributed by atoms with E-state index in [1.54, 1.807) is 6.08 Å². The van der Waals surface area contributed by atoms with Crippen molar-refractivity contribution in [3.05, 3.63) is 12.2 Å². The quantitative estimate of drug-likeness (QED) is 0.0364. The lowest BCUT2D eigenvalue weighted by Gasteiger charge is -2.20. The molecular weight excluding hydrogens is 703 g/mol. The molecule has 0 aromatic carbocycles. The van der Waals surface area contributed by atoms with Gasteiger partial charge in [-0.3, -0.25) is 4.79 Å². The van der Waals surface area contributed by atoms with Gasteiger partial charge in [0.05, 0.1) is 18.8 Å². The van der Waals surface area contributed by atoms with Crippen molar-refractivity contribution in [2.45, 2.75) is 302 Å². The molecule has 5 nitrogen and oxygen atoms in total. The normalized spacial score (nSPS) is 12.8. The first-order chi connectivity index (χ1) is 28.2. The number of amides is 1. The van der Waals surface area contributed by atoms with Crippen molar-refractivity contribution in [1.29, 1.82) is 0 Å². The zero-order chi connectivity index (χ0) is 41.4. The molecule has 0 aliphatic heterocycles. The van der Waals surface area contributed by atoms with Gasteiger partial charge in [-0.05, 0) is 25.7 Å². The molecule has 1 amide bonds. The second kappa shape index (κ2) is 49.5. The molecule has 4 N–H and O–H groups in total. The number of hydrogen-bond acceptors (Lipinski definition) is 4. The molecule has 0 saturated carbocycles. The van der Waals surface area contributed by atoms with Crippen LogP contribution in [0.15, 0.2) is 12.2 Å². The van der Waals surface area contributed by atoms with Crippen molar-refractivity contribution in [3.63, 3.8) is 0 Å². The van der Waals surface area contributed by atoms with Crippen molar-refractivity contribution >= 4 is 5.91 Å². The number of nitrogens with one attached hydrogen (secondary N) is 1. The smallest absolute Gasteiger partial charge is 0.220 e. The van der Waals surface area contributed by atoms with Gasteiger partial charge in [0.1, 0.15) is 0 Å². The van der Waals surface area contributed by atoms with Gasteiger partial charge in [0.15, 0.2) is 0 Å². The summed E-state index contributed by atoms with van der Waals surface area (Å²) in [6, 6.07) is -0.620. The third-order valence-corrected chi connectivity index (χ3v) is 12.3. The number of aliphatic hydroxyl groups excluding tert-OH is 3. The molecule has 0 spiro atoms. The highest BCUT2D eigenvalue weighted by molar-refractivity contribution is 5.76. The Morgan fingerprint density at radius 2 is 0.702 bits per heavy atom. The van der Waals surface area contributed by atoms with Crippen LogP contribution in [0.4, 0.5) is 0 Å². The fourth-order valence-electron chi connectivity index (χ4n) is 8.34. The Labute approximate surface area is 357 Å². The summed E-state index contributed by atoms with van der Waals surface area (Å²) in [5, 5.41) is 31.9. The number of rotatable bonds is 49. The Balaban J connectivity index is 3.40. The molecule has 57 heavy (non-hydrogen) atoms. The van der Waals surface area contributed by atoms with Gasteiger partial charge >= 0.3 is 0 Å². The monoisotopic (exact) mass is 806 g/mol. The van der Waals surface area contributed by atoms with Crippen LogP contribution in [0, 0.1) is 0 Å². The summed E-state index contributed by atoms with van der Waals surface area (Å²) in [4.78, 5) is 12.4. The fourth-order valence-corrected chi connectivity index (χ4v) is 8.34. The third-order valence-electron chi connectivity index (χ3n) is 12.3. The average molecular weight is 806 g/mol. The maximum atomic E-state index is 12.4. The van der Waals surface area contributed by atoms with Crippen LogP contribution in [-0.2, 0) is 4.79 Å². The lowest BCUT2D eigenvalue weighted by Crippen LogP contribution is -2.45. The summed E-state index contributed by atoms with van der Waals surface area (Å²) in [5.74, 6) is -0.0610. The van der Waals surface area contributed by atoms with E-state index in [0.29, 0.717) is 13.0 Å². The van der Waals surface area contributed by atoms with Crippen LogP contribution in [0.1, 0.15) is 289 Å². The van der Waals surface area contributed by atoms with Gasteiger partial charge in [0.2, 0.25) is 5.91 Å². The average Bonchev–Trinajstić information content (AvgIpc) is 3.22.